The zero-order valence-electron chi connectivity index (χ0n) is 4.65. The van der Waals surface area contributed by atoms with Crippen molar-refractivity contribution in [3.63, 3.8) is 0 Å². The van der Waals surface area contributed by atoms with Crippen LogP contribution in [-0.4, -0.2) is 20.3 Å². The molecule has 2 heteroatoms. The van der Waals surface area contributed by atoms with Crippen molar-refractivity contribution in [2.75, 3.05) is 14.1 Å². The van der Waals surface area contributed by atoms with Crippen molar-refractivity contribution in [1.29, 1.82) is 0 Å². The summed E-state index contributed by atoms with van der Waals surface area (Å²) >= 11 is 0. The molecular formula is C5H10N2. The quantitative estimate of drug-likeness (QED) is 0.355. The van der Waals surface area contributed by atoms with E-state index < -0.39 is 0 Å². The van der Waals surface area contributed by atoms with Gasteiger partial charge in [-0.3, -0.25) is 10.6 Å². The van der Waals surface area contributed by atoms with E-state index in [2.05, 4.69) is 16.6 Å². The Hall–Kier alpha value is -0.520. The van der Waals surface area contributed by atoms with E-state index in [0.717, 1.165) is 0 Å². The summed E-state index contributed by atoms with van der Waals surface area (Å²) in [6.45, 7) is 0. The van der Waals surface area contributed by atoms with E-state index in [9.17, 15) is 0 Å². The summed E-state index contributed by atoms with van der Waals surface area (Å²) < 4.78 is 0. The van der Waals surface area contributed by atoms with Gasteiger partial charge in [-0.1, -0.05) is 5.92 Å². The molecular weight excluding hydrogens is 88.1 g/mol. The largest absolute Gasteiger partial charge is 0.295 e. The van der Waals surface area contributed by atoms with Crippen LogP contribution < -0.4 is 10.6 Å². The molecule has 0 aliphatic carbocycles. The van der Waals surface area contributed by atoms with Crippen molar-refractivity contribution in [1.82, 2.24) is 10.6 Å². The van der Waals surface area contributed by atoms with E-state index in [-0.39, 0.29) is 6.17 Å². The molecule has 0 rings (SSSR count). The van der Waals surface area contributed by atoms with Gasteiger partial charge in [0.05, 0.1) is 0 Å². The highest BCUT2D eigenvalue weighted by Gasteiger charge is 1.89. The van der Waals surface area contributed by atoms with E-state index in [0.29, 0.717) is 0 Å². The molecule has 0 spiro atoms. The maximum Gasteiger partial charge on any atom is 0.120 e. The van der Waals surface area contributed by atoms with Crippen LogP contribution in [0, 0.1) is 12.3 Å². The van der Waals surface area contributed by atoms with Gasteiger partial charge in [0.25, 0.3) is 0 Å². The van der Waals surface area contributed by atoms with Gasteiger partial charge in [0, 0.05) is 0 Å². The molecule has 0 radical (unpaired) electrons. The van der Waals surface area contributed by atoms with Crippen LogP contribution >= 0.6 is 0 Å². The normalized spacial score (nSPS) is 8.86. The predicted molar refractivity (Wildman–Crippen MR) is 30.7 cm³/mol. The third kappa shape index (κ3) is 2.21. The Morgan fingerprint density at radius 1 is 1.43 bits per heavy atom. The van der Waals surface area contributed by atoms with E-state index in [1.54, 1.807) is 14.1 Å². The molecule has 0 saturated carbocycles. The van der Waals surface area contributed by atoms with Crippen molar-refractivity contribution in [2.24, 2.45) is 0 Å². The zero-order valence-corrected chi connectivity index (χ0v) is 4.65. The first kappa shape index (κ1) is 6.48. The van der Waals surface area contributed by atoms with Crippen LogP contribution in [0.15, 0.2) is 0 Å². The first-order valence-corrected chi connectivity index (χ1v) is 2.15. The Morgan fingerprint density at radius 3 is 1.86 bits per heavy atom. The molecule has 0 bridgehead atoms. The van der Waals surface area contributed by atoms with Gasteiger partial charge in [-0.2, -0.15) is 0 Å². The molecule has 40 valence electrons. The minimum absolute atomic E-state index is 0.0139. The van der Waals surface area contributed by atoms with Crippen molar-refractivity contribution < 1.29 is 0 Å². The summed E-state index contributed by atoms with van der Waals surface area (Å²) in [7, 11) is 3.61. The molecule has 0 saturated heterocycles. The van der Waals surface area contributed by atoms with E-state index in [4.69, 9.17) is 6.42 Å². The summed E-state index contributed by atoms with van der Waals surface area (Å²) in [6.07, 6.45) is 5.03. The highest BCUT2D eigenvalue weighted by molar-refractivity contribution is 4.95. The van der Waals surface area contributed by atoms with Gasteiger partial charge in [-0.05, 0) is 14.1 Å². The fraction of sp³-hybridized carbons (Fsp3) is 0.600. The lowest BCUT2D eigenvalue weighted by atomic mass is 10.5. The highest BCUT2D eigenvalue weighted by atomic mass is 15.1. The van der Waals surface area contributed by atoms with Crippen LogP contribution in [0.2, 0.25) is 0 Å². The Kier molecular flexibility index (Phi) is 3.39. The zero-order chi connectivity index (χ0) is 5.70. The van der Waals surface area contributed by atoms with Gasteiger partial charge in [0.15, 0.2) is 0 Å². The third-order valence-corrected chi connectivity index (χ3v) is 0.744. The van der Waals surface area contributed by atoms with Crippen molar-refractivity contribution in [3.05, 3.63) is 0 Å². The van der Waals surface area contributed by atoms with Gasteiger partial charge in [-0.15, -0.1) is 6.42 Å². The molecule has 0 aliphatic heterocycles. The molecule has 0 heterocycles. The molecule has 0 atom stereocenters. The molecule has 0 aromatic carbocycles. The van der Waals surface area contributed by atoms with Crippen LogP contribution in [0.25, 0.3) is 0 Å². The first-order valence-electron chi connectivity index (χ1n) is 2.15. The second-order valence-corrected chi connectivity index (χ2v) is 1.18. The summed E-state index contributed by atoms with van der Waals surface area (Å²) in [5, 5.41) is 5.71. The van der Waals surface area contributed by atoms with Crippen molar-refractivity contribution >= 4 is 0 Å². The summed E-state index contributed by atoms with van der Waals surface area (Å²) in [4.78, 5) is 0. The molecule has 0 fully saturated rings. The Bertz CT molecular complexity index is 68.6. The van der Waals surface area contributed by atoms with Crippen LogP contribution in [0.5, 0.6) is 0 Å². The SMILES string of the molecule is C#CC(NC)NC. The van der Waals surface area contributed by atoms with Gasteiger partial charge < -0.3 is 0 Å². The monoisotopic (exact) mass is 98.1 g/mol. The Morgan fingerprint density at radius 2 is 1.86 bits per heavy atom. The smallest absolute Gasteiger partial charge is 0.120 e. The number of terminal acetylenes is 1. The predicted octanol–water partition coefficient (Wildman–Crippen LogP) is -0.615. The van der Waals surface area contributed by atoms with Gasteiger partial charge in [-0.25, -0.2) is 0 Å². The van der Waals surface area contributed by atoms with Gasteiger partial charge >= 0.3 is 0 Å². The molecule has 0 aromatic heterocycles. The molecule has 7 heavy (non-hydrogen) atoms. The maximum absolute atomic E-state index is 5.02. The fourth-order valence-electron chi connectivity index (χ4n) is 0.311. The fourth-order valence-corrected chi connectivity index (χ4v) is 0.311. The minimum Gasteiger partial charge on any atom is -0.295 e. The van der Waals surface area contributed by atoms with Crippen LogP contribution in [-0.2, 0) is 0 Å². The second-order valence-electron chi connectivity index (χ2n) is 1.18. The van der Waals surface area contributed by atoms with E-state index >= 15 is 0 Å². The maximum atomic E-state index is 5.02. The van der Waals surface area contributed by atoms with E-state index in [1.165, 1.54) is 0 Å². The summed E-state index contributed by atoms with van der Waals surface area (Å²) in [5.41, 5.74) is 0. The molecule has 0 aliphatic rings. The number of hydrogen-bond donors (Lipinski definition) is 2. The lowest BCUT2D eigenvalue weighted by Gasteiger charge is -2.04. The van der Waals surface area contributed by atoms with Crippen molar-refractivity contribution in [3.8, 4) is 12.3 Å². The number of rotatable bonds is 2. The van der Waals surface area contributed by atoms with Gasteiger partial charge in [0.2, 0.25) is 0 Å². The lowest BCUT2D eigenvalue weighted by Crippen LogP contribution is -2.35. The van der Waals surface area contributed by atoms with Crippen LogP contribution in [0.1, 0.15) is 0 Å². The van der Waals surface area contributed by atoms with Crippen LogP contribution in [0.4, 0.5) is 0 Å². The Labute approximate surface area is 44.3 Å². The number of nitrogens with one attached hydrogen (secondary N) is 2. The molecule has 2 nitrogen and oxygen atoms in total. The summed E-state index contributed by atoms with van der Waals surface area (Å²) in [6, 6.07) is 0. The number of hydrogen-bond acceptors (Lipinski definition) is 2. The molecule has 2 N–H and O–H groups in total. The van der Waals surface area contributed by atoms with E-state index in [1.807, 2.05) is 0 Å². The average Bonchev–Trinajstić information content (AvgIpc) is 1.72. The standard InChI is InChI=1S/C5H10N2/c1-4-5(6-2)7-3/h1,5-7H,2-3H3. The Balaban J connectivity index is 3.23. The molecule has 0 amide bonds. The third-order valence-electron chi connectivity index (χ3n) is 0.744. The topological polar surface area (TPSA) is 24.1 Å². The van der Waals surface area contributed by atoms with Crippen molar-refractivity contribution in [2.45, 2.75) is 6.17 Å². The lowest BCUT2D eigenvalue weighted by molar-refractivity contribution is 0.605. The van der Waals surface area contributed by atoms with Gasteiger partial charge in [0.1, 0.15) is 6.17 Å². The van der Waals surface area contributed by atoms with Crippen LogP contribution in [0.3, 0.4) is 0 Å². The molecule has 0 aromatic rings. The second kappa shape index (κ2) is 3.66. The summed E-state index contributed by atoms with van der Waals surface area (Å²) in [5.74, 6) is 2.48. The average molecular weight is 98.1 g/mol. The minimum atomic E-state index is 0.0139. The first-order chi connectivity index (χ1) is 3.35. The molecule has 0 unspecified atom stereocenters. The highest BCUT2D eigenvalue weighted by Crippen LogP contribution is 1.63.